The Hall–Kier alpha value is -1.71. The van der Waals surface area contributed by atoms with Crippen LogP contribution in [0.15, 0.2) is 11.1 Å². The third-order valence-electron chi connectivity index (χ3n) is 4.33. The molecule has 0 aliphatic carbocycles. The molecule has 0 saturated carbocycles. The summed E-state index contributed by atoms with van der Waals surface area (Å²) in [6, 6.07) is 0. The van der Waals surface area contributed by atoms with Crippen LogP contribution in [0, 0.1) is 12.8 Å². The molecule has 0 amide bonds. The smallest absolute Gasteiger partial charge is 0.394 e. The highest BCUT2D eigenvalue weighted by atomic mass is 31.1. The van der Waals surface area contributed by atoms with Gasteiger partial charge in [0.25, 0.3) is 5.56 Å². The standard InChI is InChI=1S/C14H19N4O6P/c1-3-4-8-9(5-19)23-14(11(8)24-25(21)22)18-6-15-10-12(18)16-7(2)17-13(10)20/h6,8-9,11,14,19H,3-5H2,1-2H3,(H-,16,17,20,21,22)/p+1/t8-,9+,11?,14+/m0/s1. The number of aromatic amines is 1. The van der Waals surface area contributed by atoms with Crippen molar-refractivity contribution in [3.8, 4) is 0 Å². The van der Waals surface area contributed by atoms with E-state index in [0.717, 1.165) is 6.42 Å². The van der Waals surface area contributed by atoms with Gasteiger partial charge in [0.1, 0.15) is 5.82 Å². The predicted octanol–water partition coefficient (Wildman–Crippen LogP) is 0.769. The van der Waals surface area contributed by atoms with Crippen LogP contribution in [0.2, 0.25) is 0 Å². The molecule has 5 atom stereocenters. The number of aliphatic hydroxyl groups is 1. The molecule has 1 saturated heterocycles. The molecule has 1 aliphatic rings. The van der Waals surface area contributed by atoms with Gasteiger partial charge < -0.3 is 14.8 Å². The number of aromatic nitrogens is 4. The van der Waals surface area contributed by atoms with Crippen molar-refractivity contribution in [3.05, 3.63) is 22.5 Å². The summed E-state index contributed by atoms with van der Waals surface area (Å²) in [5, 5.41) is 9.62. The van der Waals surface area contributed by atoms with E-state index in [2.05, 4.69) is 15.0 Å². The summed E-state index contributed by atoms with van der Waals surface area (Å²) in [4.78, 5) is 32.2. The molecule has 136 valence electrons. The topological polar surface area (TPSA) is 140 Å². The zero-order valence-electron chi connectivity index (χ0n) is 13.8. The second kappa shape index (κ2) is 7.27. The van der Waals surface area contributed by atoms with E-state index in [-0.39, 0.29) is 23.6 Å². The fraction of sp³-hybridized carbons (Fsp3) is 0.643. The number of nitrogens with zero attached hydrogens (tertiary/aromatic N) is 3. The maximum atomic E-state index is 12.0. The molecule has 11 heteroatoms. The molecule has 3 heterocycles. The lowest BCUT2D eigenvalue weighted by Gasteiger charge is -2.18. The minimum atomic E-state index is -2.86. The van der Waals surface area contributed by atoms with E-state index in [1.807, 2.05) is 6.92 Å². The number of H-pyrrole nitrogens is 1. The van der Waals surface area contributed by atoms with Gasteiger partial charge >= 0.3 is 8.25 Å². The quantitative estimate of drug-likeness (QED) is 0.633. The number of ether oxygens (including phenoxy) is 1. The van der Waals surface area contributed by atoms with E-state index in [4.69, 9.17) is 9.26 Å². The number of rotatable bonds is 6. The van der Waals surface area contributed by atoms with Gasteiger partial charge in [0.2, 0.25) is 0 Å². The van der Waals surface area contributed by atoms with E-state index in [9.17, 15) is 19.4 Å². The maximum absolute atomic E-state index is 12.0. The molecule has 3 rings (SSSR count). The van der Waals surface area contributed by atoms with Crippen molar-refractivity contribution in [1.82, 2.24) is 19.5 Å². The largest absolute Gasteiger partial charge is 0.695 e. The maximum Gasteiger partial charge on any atom is 0.695 e. The zero-order valence-corrected chi connectivity index (χ0v) is 14.7. The summed E-state index contributed by atoms with van der Waals surface area (Å²) in [6.07, 6.45) is 0.685. The predicted molar refractivity (Wildman–Crippen MR) is 87.0 cm³/mol. The van der Waals surface area contributed by atoms with Crippen molar-refractivity contribution in [2.24, 2.45) is 5.92 Å². The van der Waals surface area contributed by atoms with Crippen molar-refractivity contribution in [2.75, 3.05) is 6.61 Å². The number of aryl methyl sites for hydroxylation is 1. The van der Waals surface area contributed by atoms with Gasteiger partial charge in [0.05, 0.1) is 19.0 Å². The molecular formula is C14H20N4O6P+. The Bertz CT molecular complexity index is 836. The first kappa shape index (κ1) is 18.1. The van der Waals surface area contributed by atoms with Gasteiger partial charge in [-0.1, -0.05) is 13.3 Å². The monoisotopic (exact) mass is 371 g/mol. The normalized spacial score (nSPS) is 27.1. The summed E-state index contributed by atoms with van der Waals surface area (Å²) in [5.41, 5.74) is 0.0523. The van der Waals surface area contributed by atoms with Crippen molar-refractivity contribution in [2.45, 2.75) is 45.1 Å². The van der Waals surface area contributed by atoms with E-state index in [1.54, 1.807) is 6.92 Å². The second-order valence-electron chi connectivity index (χ2n) is 5.98. The van der Waals surface area contributed by atoms with Gasteiger partial charge in [0, 0.05) is 10.5 Å². The molecule has 0 aromatic carbocycles. The number of hydrogen-bond donors (Lipinski definition) is 3. The fourth-order valence-corrected chi connectivity index (χ4v) is 3.79. The molecule has 2 aromatic rings. The van der Waals surface area contributed by atoms with Gasteiger partial charge in [-0.3, -0.25) is 9.36 Å². The van der Waals surface area contributed by atoms with Crippen molar-refractivity contribution >= 4 is 19.4 Å². The Labute approximate surface area is 143 Å². The third-order valence-corrected chi connectivity index (χ3v) is 4.76. The molecule has 0 spiro atoms. The Morgan fingerprint density at radius 3 is 2.92 bits per heavy atom. The number of hydrogen-bond acceptors (Lipinski definition) is 7. The summed E-state index contributed by atoms with van der Waals surface area (Å²) < 4.78 is 23.9. The number of fused-ring (bicyclic) bond motifs is 1. The fourth-order valence-electron chi connectivity index (χ4n) is 3.32. The number of imidazole rings is 1. The summed E-state index contributed by atoms with van der Waals surface area (Å²) in [6.45, 7) is 3.36. The van der Waals surface area contributed by atoms with Crippen LogP contribution < -0.4 is 5.56 Å². The second-order valence-corrected chi connectivity index (χ2v) is 6.67. The van der Waals surface area contributed by atoms with Gasteiger partial charge in [-0.2, -0.15) is 0 Å². The molecule has 2 aromatic heterocycles. The third kappa shape index (κ3) is 3.36. The van der Waals surface area contributed by atoms with E-state index in [0.29, 0.717) is 17.9 Å². The van der Waals surface area contributed by atoms with Crippen molar-refractivity contribution in [3.63, 3.8) is 0 Å². The molecule has 2 unspecified atom stereocenters. The molecule has 25 heavy (non-hydrogen) atoms. The lowest BCUT2D eigenvalue weighted by atomic mass is 9.93. The SMILES string of the molecule is CCC[C@@H]1C(O[P+](=O)O)[C@H](n2cnc3c(=O)[nH]c(C)nc32)O[C@@H]1CO. The van der Waals surface area contributed by atoms with Crippen LogP contribution in [0.5, 0.6) is 0 Å². The van der Waals surface area contributed by atoms with Crippen molar-refractivity contribution < 1.29 is 23.8 Å². The molecule has 0 bridgehead atoms. The first-order chi connectivity index (χ1) is 12.0. The summed E-state index contributed by atoms with van der Waals surface area (Å²) in [5.74, 6) is 0.137. The van der Waals surface area contributed by atoms with Crippen LogP contribution >= 0.6 is 8.25 Å². The van der Waals surface area contributed by atoms with E-state index < -0.39 is 26.7 Å². The molecule has 1 aliphatic heterocycles. The minimum absolute atomic E-state index is 0.140. The van der Waals surface area contributed by atoms with Crippen LogP contribution in [-0.4, -0.2) is 48.3 Å². The Balaban J connectivity index is 2.07. The van der Waals surface area contributed by atoms with Crippen LogP contribution in [0.3, 0.4) is 0 Å². The van der Waals surface area contributed by atoms with Gasteiger partial charge in [-0.15, -0.1) is 9.42 Å². The first-order valence-corrected chi connectivity index (χ1v) is 9.12. The van der Waals surface area contributed by atoms with E-state index >= 15 is 0 Å². The lowest BCUT2D eigenvalue weighted by molar-refractivity contribution is -0.0454. The Morgan fingerprint density at radius 2 is 2.28 bits per heavy atom. The molecule has 3 N–H and O–H groups in total. The summed E-state index contributed by atoms with van der Waals surface area (Å²) in [7, 11) is -2.86. The highest BCUT2D eigenvalue weighted by molar-refractivity contribution is 7.32. The average Bonchev–Trinajstić information content (AvgIpc) is 3.09. The van der Waals surface area contributed by atoms with Crippen LogP contribution in [0.4, 0.5) is 0 Å². The van der Waals surface area contributed by atoms with Crippen LogP contribution in [-0.2, 0) is 13.8 Å². The highest BCUT2D eigenvalue weighted by Crippen LogP contribution is 2.42. The Morgan fingerprint density at radius 1 is 1.52 bits per heavy atom. The van der Waals surface area contributed by atoms with Gasteiger partial charge in [-0.25, -0.2) is 9.97 Å². The van der Waals surface area contributed by atoms with Crippen LogP contribution in [0.1, 0.15) is 31.8 Å². The zero-order chi connectivity index (χ0) is 18.1. The summed E-state index contributed by atoms with van der Waals surface area (Å²) >= 11 is 0. The van der Waals surface area contributed by atoms with Crippen molar-refractivity contribution in [1.29, 1.82) is 0 Å². The van der Waals surface area contributed by atoms with E-state index in [1.165, 1.54) is 10.9 Å². The van der Waals surface area contributed by atoms with Gasteiger partial charge in [0.15, 0.2) is 23.5 Å². The van der Waals surface area contributed by atoms with Crippen LogP contribution in [0.25, 0.3) is 11.2 Å². The highest BCUT2D eigenvalue weighted by Gasteiger charge is 2.50. The molecule has 1 fully saturated rings. The molecule has 10 nitrogen and oxygen atoms in total. The first-order valence-electron chi connectivity index (χ1n) is 7.99. The number of aliphatic hydroxyl groups excluding tert-OH is 1. The molecular weight excluding hydrogens is 351 g/mol. The van der Waals surface area contributed by atoms with Gasteiger partial charge in [-0.05, 0) is 13.3 Å². The number of nitrogens with one attached hydrogen (secondary N) is 1. The Kier molecular flexibility index (Phi) is 5.26. The lowest BCUT2D eigenvalue weighted by Crippen LogP contribution is -2.29. The minimum Gasteiger partial charge on any atom is -0.394 e. The average molecular weight is 371 g/mol. The molecule has 0 radical (unpaired) electrons.